The van der Waals surface area contributed by atoms with E-state index >= 15 is 0 Å². The minimum atomic E-state index is 0.595. The van der Waals surface area contributed by atoms with Crippen molar-refractivity contribution in [2.45, 2.75) is 6.92 Å². The van der Waals surface area contributed by atoms with Gasteiger partial charge in [0.2, 0.25) is 0 Å². The second kappa shape index (κ2) is 3.98. The Labute approximate surface area is 95.9 Å². The Morgan fingerprint density at radius 1 is 1.33 bits per heavy atom. The van der Waals surface area contributed by atoms with Crippen LogP contribution in [0.1, 0.15) is 16.1 Å². The number of halogens is 1. The zero-order valence-electron chi connectivity index (χ0n) is 8.14. The van der Waals surface area contributed by atoms with Crippen LogP contribution in [-0.4, -0.2) is 16.1 Å². The Morgan fingerprint density at radius 2 is 2.00 bits per heavy atom. The summed E-state index contributed by atoms with van der Waals surface area (Å²) in [7, 11) is 0. The molecule has 2 rings (SSSR count). The first-order valence-electron chi connectivity index (χ1n) is 4.48. The lowest BCUT2D eigenvalue weighted by Gasteiger charge is -2.03. The highest BCUT2D eigenvalue weighted by Crippen LogP contribution is 2.16. The number of carbonyl (C=O) groups is 1. The van der Waals surface area contributed by atoms with E-state index in [9.17, 15) is 4.79 Å². The predicted octanol–water partition coefficient (Wildman–Crippen LogP) is 2.76. The maximum atomic E-state index is 10.9. The minimum absolute atomic E-state index is 0.595. The smallest absolute Gasteiger partial charge is 0.168 e. The SMILES string of the molecule is Cc1cnn(-c2ccc(Br)cc2)c1C=O. The minimum Gasteiger partial charge on any atom is -0.296 e. The molecule has 0 amide bonds. The summed E-state index contributed by atoms with van der Waals surface area (Å²) in [4.78, 5) is 10.9. The fourth-order valence-corrected chi connectivity index (χ4v) is 1.63. The number of aldehydes is 1. The summed E-state index contributed by atoms with van der Waals surface area (Å²) in [6.07, 6.45) is 2.51. The second-order valence-electron chi connectivity index (χ2n) is 3.22. The zero-order valence-corrected chi connectivity index (χ0v) is 9.73. The average molecular weight is 265 g/mol. The number of hydrogen-bond acceptors (Lipinski definition) is 2. The molecule has 3 nitrogen and oxygen atoms in total. The molecule has 4 heteroatoms. The number of nitrogens with zero attached hydrogens (tertiary/aromatic N) is 2. The van der Waals surface area contributed by atoms with Crippen LogP contribution in [0.5, 0.6) is 0 Å². The lowest BCUT2D eigenvalue weighted by Crippen LogP contribution is -2.01. The van der Waals surface area contributed by atoms with Gasteiger partial charge in [0.05, 0.1) is 11.9 Å². The molecule has 0 aliphatic heterocycles. The Kier molecular flexibility index (Phi) is 2.68. The molecule has 76 valence electrons. The molecule has 0 aliphatic carbocycles. The summed E-state index contributed by atoms with van der Waals surface area (Å²) in [5.74, 6) is 0. The third kappa shape index (κ3) is 1.85. The first kappa shape index (κ1) is 10.1. The van der Waals surface area contributed by atoms with Crippen molar-refractivity contribution in [3.05, 3.63) is 46.2 Å². The van der Waals surface area contributed by atoms with Crippen LogP contribution < -0.4 is 0 Å². The fraction of sp³-hybridized carbons (Fsp3) is 0.0909. The molecule has 1 aromatic heterocycles. The van der Waals surface area contributed by atoms with Crippen molar-refractivity contribution >= 4 is 22.2 Å². The molecule has 0 saturated heterocycles. The normalized spacial score (nSPS) is 10.3. The van der Waals surface area contributed by atoms with Crippen LogP contribution in [0, 0.1) is 6.92 Å². The van der Waals surface area contributed by atoms with Gasteiger partial charge in [-0.05, 0) is 36.8 Å². The number of aryl methyl sites for hydroxylation is 1. The fourth-order valence-electron chi connectivity index (χ4n) is 1.37. The van der Waals surface area contributed by atoms with Crippen molar-refractivity contribution in [1.82, 2.24) is 9.78 Å². The lowest BCUT2D eigenvalue weighted by atomic mass is 10.3. The quantitative estimate of drug-likeness (QED) is 0.782. The van der Waals surface area contributed by atoms with E-state index in [4.69, 9.17) is 0 Å². The molecular weight excluding hydrogens is 256 g/mol. The Bertz CT molecular complexity index is 488. The van der Waals surface area contributed by atoms with E-state index in [1.807, 2.05) is 31.2 Å². The van der Waals surface area contributed by atoms with Crippen LogP contribution in [0.25, 0.3) is 5.69 Å². The van der Waals surface area contributed by atoms with Crippen LogP contribution in [0.3, 0.4) is 0 Å². The van der Waals surface area contributed by atoms with Gasteiger partial charge in [0, 0.05) is 4.47 Å². The van der Waals surface area contributed by atoms with Gasteiger partial charge in [-0.1, -0.05) is 15.9 Å². The van der Waals surface area contributed by atoms with E-state index in [2.05, 4.69) is 21.0 Å². The van der Waals surface area contributed by atoms with E-state index in [1.54, 1.807) is 10.9 Å². The van der Waals surface area contributed by atoms with Gasteiger partial charge in [-0.3, -0.25) is 4.79 Å². The Balaban J connectivity index is 2.53. The third-order valence-electron chi connectivity index (χ3n) is 2.18. The molecule has 0 bridgehead atoms. The molecule has 15 heavy (non-hydrogen) atoms. The highest BCUT2D eigenvalue weighted by Gasteiger charge is 2.07. The standard InChI is InChI=1S/C11H9BrN2O/c1-8-6-13-14(11(8)7-15)10-4-2-9(12)3-5-10/h2-7H,1H3. The van der Waals surface area contributed by atoms with Crippen LogP contribution in [0.2, 0.25) is 0 Å². The van der Waals surface area contributed by atoms with Crippen LogP contribution in [0.4, 0.5) is 0 Å². The van der Waals surface area contributed by atoms with Crippen LogP contribution in [-0.2, 0) is 0 Å². The largest absolute Gasteiger partial charge is 0.296 e. The summed E-state index contributed by atoms with van der Waals surface area (Å²) >= 11 is 3.36. The second-order valence-corrected chi connectivity index (χ2v) is 4.13. The van der Waals surface area contributed by atoms with Crippen molar-refractivity contribution in [2.24, 2.45) is 0 Å². The highest BCUT2D eigenvalue weighted by atomic mass is 79.9. The topological polar surface area (TPSA) is 34.9 Å². The number of hydrogen-bond donors (Lipinski definition) is 0. The lowest BCUT2D eigenvalue weighted by molar-refractivity contribution is 0.111. The van der Waals surface area contributed by atoms with E-state index in [1.165, 1.54) is 0 Å². The third-order valence-corrected chi connectivity index (χ3v) is 2.71. The van der Waals surface area contributed by atoms with Gasteiger partial charge in [-0.15, -0.1) is 0 Å². The van der Waals surface area contributed by atoms with Gasteiger partial charge < -0.3 is 0 Å². The van der Waals surface area contributed by atoms with Crippen molar-refractivity contribution < 1.29 is 4.79 Å². The van der Waals surface area contributed by atoms with E-state index in [-0.39, 0.29) is 0 Å². The zero-order chi connectivity index (χ0) is 10.8. The molecule has 0 N–H and O–H groups in total. The first-order valence-corrected chi connectivity index (χ1v) is 5.27. The van der Waals surface area contributed by atoms with Gasteiger partial charge in [-0.25, -0.2) is 4.68 Å². The molecule has 0 unspecified atom stereocenters. The van der Waals surface area contributed by atoms with Crippen LogP contribution >= 0.6 is 15.9 Å². The summed E-state index contributed by atoms with van der Waals surface area (Å²) in [5.41, 5.74) is 2.36. The molecule has 0 aliphatic rings. The number of benzene rings is 1. The van der Waals surface area contributed by atoms with Crippen LogP contribution in [0.15, 0.2) is 34.9 Å². The van der Waals surface area contributed by atoms with Crippen molar-refractivity contribution in [3.63, 3.8) is 0 Å². The van der Waals surface area contributed by atoms with Crippen molar-refractivity contribution in [1.29, 1.82) is 0 Å². The molecule has 0 radical (unpaired) electrons. The van der Waals surface area contributed by atoms with Crippen molar-refractivity contribution in [2.75, 3.05) is 0 Å². The number of carbonyl (C=O) groups excluding carboxylic acids is 1. The molecule has 0 atom stereocenters. The first-order chi connectivity index (χ1) is 7.22. The van der Waals surface area contributed by atoms with E-state index in [0.29, 0.717) is 5.69 Å². The average Bonchev–Trinajstić information content (AvgIpc) is 2.61. The molecule has 0 spiro atoms. The van der Waals surface area contributed by atoms with Gasteiger partial charge in [0.15, 0.2) is 6.29 Å². The highest BCUT2D eigenvalue weighted by molar-refractivity contribution is 9.10. The molecular formula is C11H9BrN2O. The Morgan fingerprint density at radius 3 is 2.60 bits per heavy atom. The van der Waals surface area contributed by atoms with Crippen molar-refractivity contribution in [3.8, 4) is 5.69 Å². The summed E-state index contributed by atoms with van der Waals surface area (Å²) in [6, 6.07) is 7.65. The number of rotatable bonds is 2. The van der Waals surface area contributed by atoms with E-state index < -0.39 is 0 Å². The van der Waals surface area contributed by atoms with Gasteiger partial charge in [-0.2, -0.15) is 5.10 Å². The summed E-state index contributed by atoms with van der Waals surface area (Å²) < 4.78 is 2.64. The number of aromatic nitrogens is 2. The maximum Gasteiger partial charge on any atom is 0.168 e. The summed E-state index contributed by atoms with van der Waals surface area (Å²) in [5, 5.41) is 4.16. The molecule has 0 fully saturated rings. The Hall–Kier alpha value is -1.42. The molecule has 1 aromatic carbocycles. The monoisotopic (exact) mass is 264 g/mol. The van der Waals surface area contributed by atoms with Gasteiger partial charge in [0.1, 0.15) is 5.69 Å². The molecule has 0 saturated carbocycles. The van der Waals surface area contributed by atoms with E-state index in [0.717, 1.165) is 22.0 Å². The van der Waals surface area contributed by atoms with Gasteiger partial charge >= 0.3 is 0 Å². The maximum absolute atomic E-state index is 10.9. The molecule has 2 aromatic rings. The molecule has 1 heterocycles. The van der Waals surface area contributed by atoms with Gasteiger partial charge in [0.25, 0.3) is 0 Å². The summed E-state index contributed by atoms with van der Waals surface area (Å²) in [6.45, 7) is 1.87. The predicted molar refractivity (Wildman–Crippen MR) is 61.4 cm³/mol.